The first-order chi connectivity index (χ1) is 9.04. The van der Waals surface area contributed by atoms with Gasteiger partial charge in [-0.25, -0.2) is 4.98 Å². The molecule has 0 saturated heterocycles. The molecule has 0 atom stereocenters. The van der Waals surface area contributed by atoms with Gasteiger partial charge in [0.2, 0.25) is 0 Å². The van der Waals surface area contributed by atoms with E-state index in [0.29, 0.717) is 28.9 Å². The number of rotatable bonds is 7. The number of carbonyl (C=O) groups is 1. The lowest BCUT2D eigenvalue weighted by molar-refractivity contribution is 0.0958. The van der Waals surface area contributed by atoms with E-state index in [1.807, 2.05) is 0 Å². The van der Waals surface area contributed by atoms with Gasteiger partial charge < -0.3 is 16.4 Å². The van der Waals surface area contributed by atoms with Crippen molar-refractivity contribution in [2.75, 3.05) is 24.1 Å². The first kappa shape index (κ1) is 15.3. The van der Waals surface area contributed by atoms with Crippen molar-refractivity contribution in [3.8, 4) is 12.3 Å². The highest BCUT2D eigenvalue weighted by atomic mass is 32.1. The minimum Gasteiger partial charge on any atom is -0.382 e. The number of unbranched alkanes of at least 4 members (excludes halogenated alkanes) is 1. The van der Waals surface area contributed by atoms with Crippen LogP contribution < -0.4 is 16.4 Å². The third-order valence-electron chi connectivity index (χ3n) is 2.30. The Morgan fingerprint density at radius 1 is 1.58 bits per heavy atom. The molecule has 0 bridgehead atoms. The van der Waals surface area contributed by atoms with Crippen LogP contribution in [0.3, 0.4) is 0 Å². The van der Waals surface area contributed by atoms with Crippen molar-refractivity contribution in [2.45, 2.75) is 26.7 Å². The minimum absolute atomic E-state index is 0.190. The first-order valence-corrected chi connectivity index (χ1v) is 7.08. The Kier molecular flexibility index (Phi) is 6.16. The smallest absolute Gasteiger partial charge is 0.265 e. The first-order valence-electron chi connectivity index (χ1n) is 6.26. The number of terminal acetylenes is 1. The van der Waals surface area contributed by atoms with Crippen LogP contribution in [0.4, 0.5) is 10.9 Å². The average molecular weight is 280 g/mol. The lowest BCUT2D eigenvalue weighted by Gasteiger charge is -2.04. The number of thiazole rings is 1. The third kappa shape index (κ3) is 5.18. The molecule has 0 aliphatic carbocycles. The van der Waals surface area contributed by atoms with E-state index in [4.69, 9.17) is 12.2 Å². The van der Waals surface area contributed by atoms with E-state index in [1.165, 1.54) is 11.3 Å². The molecule has 0 fully saturated rings. The quantitative estimate of drug-likeness (QED) is 0.527. The Morgan fingerprint density at radius 3 is 2.95 bits per heavy atom. The van der Waals surface area contributed by atoms with E-state index in [1.54, 1.807) is 0 Å². The summed E-state index contributed by atoms with van der Waals surface area (Å²) < 4.78 is 0. The molecule has 1 aromatic heterocycles. The summed E-state index contributed by atoms with van der Waals surface area (Å²) in [6, 6.07) is 0. The molecule has 0 aromatic carbocycles. The fourth-order valence-electron chi connectivity index (χ4n) is 1.33. The number of carbonyl (C=O) groups excluding carboxylic acids is 1. The van der Waals surface area contributed by atoms with Crippen LogP contribution in [0, 0.1) is 18.3 Å². The van der Waals surface area contributed by atoms with Gasteiger partial charge in [-0.3, -0.25) is 4.79 Å². The zero-order chi connectivity index (χ0) is 14.3. The summed E-state index contributed by atoms with van der Waals surface area (Å²) in [4.78, 5) is 16.5. The van der Waals surface area contributed by atoms with E-state index in [0.717, 1.165) is 13.0 Å². The van der Waals surface area contributed by atoms with Crippen molar-refractivity contribution in [3.05, 3.63) is 4.88 Å². The molecule has 0 saturated carbocycles. The topological polar surface area (TPSA) is 80.0 Å². The van der Waals surface area contributed by atoms with Crippen LogP contribution in [0.1, 0.15) is 36.4 Å². The number of nitrogens with one attached hydrogen (secondary N) is 2. The van der Waals surface area contributed by atoms with Crippen LogP contribution in [0.5, 0.6) is 0 Å². The predicted molar refractivity (Wildman–Crippen MR) is 80.3 cm³/mol. The molecule has 0 aliphatic rings. The number of hydrogen-bond acceptors (Lipinski definition) is 5. The number of anilines is 2. The molecule has 0 aliphatic heterocycles. The number of nitrogen functional groups attached to an aromatic ring is 1. The molecule has 0 spiro atoms. The van der Waals surface area contributed by atoms with Crippen molar-refractivity contribution >= 4 is 28.2 Å². The summed E-state index contributed by atoms with van der Waals surface area (Å²) in [7, 11) is 0. The highest BCUT2D eigenvalue weighted by Crippen LogP contribution is 2.24. The Labute approximate surface area is 118 Å². The van der Waals surface area contributed by atoms with Crippen molar-refractivity contribution in [1.29, 1.82) is 0 Å². The molecule has 1 rings (SSSR count). The molecule has 1 heterocycles. The molecule has 1 aromatic rings. The zero-order valence-electron chi connectivity index (χ0n) is 11.3. The predicted octanol–water partition coefficient (Wildman–Crippen LogP) is 1.94. The maximum absolute atomic E-state index is 11.9. The molecule has 19 heavy (non-hydrogen) atoms. The summed E-state index contributed by atoms with van der Waals surface area (Å²) >= 11 is 1.27. The lowest BCUT2D eigenvalue weighted by atomic mass is 10.2. The molecule has 0 radical (unpaired) electrons. The van der Waals surface area contributed by atoms with Gasteiger partial charge in [-0.1, -0.05) is 25.2 Å². The number of amides is 1. The zero-order valence-corrected chi connectivity index (χ0v) is 12.1. The van der Waals surface area contributed by atoms with Crippen molar-refractivity contribution in [2.24, 2.45) is 5.92 Å². The molecule has 1 amide bonds. The Bertz CT molecular complexity index is 462. The Morgan fingerprint density at radius 2 is 2.32 bits per heavy atom. The van der Waals surface area contributed by atoms with Gasteiger partial charge in [-0.2, -0.15) is 0 Å². The van der Waals surface area contributed by atoms with Gasteiger partial charge in [0.05, 0.1) is 0 Å². The summed E-state index contributed by atoms with van der Waals surface area (Å²) in [6.45, 7) is 5.55. The molecular formula is C13H20N4OS. The molecule has 0 unspecified atom stereocenters. The third-order valence-corrected chi connectivity index (χ3v) is 3.33. The normalized spacial score (nSPS) is 10.2. The van der Waals surface area contributed by atoms with Crippen molar-refractivity contribution in [1.82, 2.24) is 10.3 Å². The SMILES string of the molecule is C#CCCCNC(=O)c1sc(NCC(C)C)nc1N. The number of aromatic nitrogens is 1. The second-order valence-corrected chi connectivity index (χ2v) is 5.57. The molecular weight excluding hydrogens is 260 g/mol. The highest BCUT2D eigenvalue weighted by Gasteiger charge is 2.15. The lowest BCUT2D eigenvalue weighted by Crippen LogP contribution is -2.24. The molecule has 104 valence electrons. The van der Waals surface area contributed by atoms with E-state index in [-0.39, 0.29) is 11.7 Å². The maximum Gasteiger partial charge on any atom is 0.265 e. The van der Waals surface area contributed by atoms with Gasteiger partial charge >= 0.3 is 0 Å². The number of hydrogen-bond donors (Lipinski definition) is 3. The molecule has 5 nitrogen and oxygen atoms in total. The van der Waals surface area contributed by atoms with Crippen molar-refractivity contribution < 1.29 is 4.79 Å². The maximum atomic E-state index is 11.9. The van der Waals surface area contributed by atoms with Gasteiger partial charge in [-0.05, 0) is 12.3 Å². The van der Waals surface area contributed by atoms with Crippen LogP contribution >= 0.6 is 11.3 Å². The number of nitrogens with two attached hydrogens (primary N) is 1. The van der Waals surface area contributed by atoms with E-state index < -0.39 is 0 Å². The van der Waals surface area contributed by atoms with E-state index in [2.05, 4.69) is 35.4 Å². The standard InChI is InChI=1S/C13H20N4OS/c1-4-5-6-7-15-12(18)10-11(14)17-13(19-10)16-8-9(2)3/h1,9H,5-8,14H2,2-3H3,(H,15,18)(H,16,17). The second kappa shape index (κ2) is 7.64. The fraction of sp³-hybridized carbons (Fsp3) is 0.538. The van der Waals surface area contributed by atoms with Gasteiger partial charge in [-0.15, -0.1) is 12.3 Å². The summed E-state index contributed by atoms with van der Waals surface area (Å²) in [5.41, 5.74) is 5.75. The van der Waals surface area contributed by atoms with Crippen LogP contribution in [-0.2, 0) is 0 Å². The Hall–Kier alpha value is -1.74. The van der Waals surface area contributed by atoms with Crippen LogP contribution in [-0.4, -0.2) is 24.0 Å². The summed E-state index contributed by atoms with van der Waals surface area (Å²) in [5, 5.41) is 6.62. The van der Waals surface area contributed by atoms with Gasteiger partial charge in [0.1, 0.15) is 10.7 Å². The van der Waals surface area contributed by atoms with E-state index >= 15 is 0 Å². The fourth-order valence-corrected chi connectivity index (χ4v) is 2.14. The monoisotopic (exact) mass is 280 g/mol. The molecule has 4 N–H and O–H groups in total. The molecule has 6 heteroatoms. The van der Waals surface area contributed by atoms with Crippen LogP contribution in [0.15, 0.2) is 0 Å². The summed E-state index contributed by atoms with van der Waals surface area (Å²) in [5.74, 6) is 3.11. The van der Waals surface area contributed by atoms with Gasteiger partial charge in [0.15, 0.2) is 5.13 Å². The Balaban J connectivity index is 2.53. The highest BCUT2D eigenvalue weighted by molar-refractivity contribution is 7.18. The van der Waals surface area contributed by atoms with E-state index in [9.17, 15) is 4.79 Å². The van der Waals surface area contributed by atoms with Crippen LogP contribution in [0.2, 0.25) is 0 Å². The van der Waals surface area contributed by atoms with Crippen LogP contribution in [0.25, 0.3) is 0 Å². The van der Waals surface area contributed by atoms with Crippen molar-refractivity contribution in [3.63, 3.8) is 0 Å². The second-order valence-electron chi connectivity index (χ2n) is 4.57. The number of nitrogens with zero attached hydrogens (tertiary/aromatic N) is 1. The average Bonchev–Trinajstić information content (AvgIpc) is 2.73. The van der Waals surface area contributed by atoms with Gasteiger partial charge in [0.25, 0.3) is 5.91 Å². The largest absolute Gasteiger partial charge is 0.382 e. The summed E-state index contributed by atoms with van der Waals surface area (Å²) in [6.07, 6.45) is 6.56. The minimum atomic E-state index is -0.190. The van der Waals surface area contributed by atoms with Gasteiger partial charge in [0, 0.05) is 19.5 Å².